The second-order valence-electron chi connectivity index (χ2n) is 29.1. The molecule has 0 rings (SSSR count). The summed E-state index contributed by atoms with van der Waals surface area (Å²) in [5, 5.41) is 10.6. The van der Waals surface area contributed by atoms with Crippen LogP contribution in [0.5, 0.6) is 0 Å². The van der Waals surface area contributed by atoms with Gasteiger partial charge in [-0.05, 0) is 49.4 Å². The van der Waals surface area contributed by atoms with Gasteiger partial charge in [0.2, 0.25) is 0 Å². The lowest BCUT2D eigenvalue weighted by molar-refractivity contribution is -0.161. The first-order valence-electron chi connectivity index (χ1n) is 39.2. The van der Waals surface area contributed by atoms with E-state index in [-0.39, 0.29) is 25.7 Å². The number of aliphatic hydroxyl groups is 1. The van der Waals surface area contributed by atoms with Crippen LogP contribution in [0.15, 0.2) is 0 Å². The number of ether oxygens (including phenoxy) is 4. The standard InChI is InChI=1S/C76H148O17P2/c1-9-69(8)55-47-39-33-35-41-49-57-74(79)87-63-72(93-76(81)58-50-42-30-26-22-18-13-11-10-12-16-20-24-28-36-44-52-66(2)3)65-91-95(84,85)89-61-70(77)60-88-94(82,83)90-64-71(62-86-73(78)56-48-40-34-32-38-46-54-68(6)7)92-75(80)59-51-43-31-27-23-19-15-14-17-21-25-29-37-45-53-67(4)5/h66-72,77H,9-65H2,1-8H3,(H,82,83)(H,84,85)/t69?,70-,71+,72+/m0/s1. The Labute approximate surface area is 581 Å². The lowest BCUT2D eigenvalue weighted by Crippen LogP contribution is -2.30. The summed E-state index contributed by atoms with van der Waals surface area (Å²) < 4.78 is 68.5. The molecule has 6 atom stereocenters. The van der Waals surface area contributed by atoms with E-state index in [1.807, 2.05) is 0 Å². The minimum atomic E-state index is -4.96. The average Bonchev–Trinajstić information content (AvgIpc) is 3.23. The summed E-state index contributed by atoms with van der Waals surface area (Å²) in [6, 6.07) is 0. The van der Waals surface area contributed by atoms with E-state index in [2.05, 4.69) is 55.4 Å². The molecule has 0 spiro atoms. The Kier molecular flexibility index (Phi) is 64.0. The predicted octanol–water partition coefficient (Wildman–Crippen LogP) is 22.0. The van der Waals surface area contributed by atoms with Crippen LogP contribution in [-0.2, 0) is 65.4 Å². The van der Waals surface area contributed by atoms with Crippen molar-refractivity contribution in [3.8, 4) is 0 Å². The highest BCUT2D eigenvalue weighted by Crippen LogP contribution is 2.45. The fraction of sp³-hybridized carbons (Fsp3) is 0.947. The second kappa shape index (κ2) is 65.4. The fourth-order valence-corrected chi connectivity index (χ4v) is 13.1. The molecule has 0 aromatic heterocycles. The van der Waals surface area contributed by atoms with Gasteiger partial charge < -0.3 is 33.8 Å². The molecule has 3 unspecified atom stereocenters. The summed E-state index contributed by atoms with van der Waals surface area (Å²) in [5.41, 5.74) is 0. The molecule has 0 aromatic rings. The maximum absolute atomic E-state index is 13.1. The molecule has 0 aromatic carbocycles. The first-order chi connectivity index (χ1) is 45.6. The molecule has 19 heteroatoms. The molecule has 0 amide bonds. The molecule has 0 radical (unpaired) electrons. The average molecular weight is 1400 g/mol. The molecule has 17 nitrogen and oxygen atoms in total. The number of carbonyl (C=O) groups excluding carboxylic acids is 4. The Morgan fingerprint density at radius 2 is 0.505 bits per heavy atom. The number of phosphoric ester groups is 2. The lowest BCUT2D eigenvalue weighted by atomic mass is 10.00. The van der Waals surface area contributed by atoms with E-state index >= 15 is 0 Å². The minimum absolute atomic E-state index is 0.106. The van der Waals surface area contributed by atoms with Crippen molar-refractivity contribution in [1.82, 2.24) is 0 Å². The maximum Gasteiger partial charge on any atom is 0.472 e. The van der Waals surface area contributed by atoms with Gasteiger partial charge in [0.15, 0.2) is 12.2 Å². The van der Waals surface area contributed by atoms with Crippen LogP contribution in [0.25, 0.3) is 0 Å². The van der Waals surface area contributed by atoms with Crippen molar-refractivity contribution in [2.75, 3.05) is 39.6 Å². The Balaban J connectivity index is 5.19. The molecule has 0 saturated heterocycles. The van der Waals surface area contributed by atoms with Crippen LogP contribution in [0.4, 0.5) is 0 Å². The number of hydrogen-bond acceptors (Lipinski definition) is 15. The summed E-state index contributed by atoms with van der Waals surface area (Å²) in [7, 11) is -9.91. The third-order valence-electron chi connectivity index (χ3n) is 17.9. The van der Waals surface area contributed by atoms with Crippen molar-refractivity contribution in [3.63, 3.8) is 0 Å². The Morgan fingerprint density at radius 1 is 0.295 bits per heavy atom. The van der Waals surface area contributed by atoms with Crippen LogP contribution < -0.4 is 0 Å². The van der Waals surface area contributed by atoms with Crippen molar-refractivity contribution in [2.45, 2.75) is 401 Å². The van der Waals surface area contributed by atoms with Gasteiger partial charge in [0.1, 0.15) is 19.3 Å². The van der Waals surface area contributed by atoms with E-state index in [9.17, 15) is 43.2 Å². The number of carbonyl (C=O) groups is 4. The quantitative estimate of drug-likeness (QED) is 0.0222. The van der Waals surface area contributed by atoms with E-state index < -0.39 is 97.5 Å². The zero-order valence-corrected chi connectivity index (χ0v) is 64.1. The molecular weight excluding hydrogens is 1250 g/mol. The minimum Gasteiger partial charge on any atom is -0.462 e. The highest BCUT2D eigenvalue weighted by molar-refractivity contribution is 7.47. The molecule has 0 fully saturated rings. The molecule has 564 valence electrons. The van der Waals surface area contributed by atoms with Gasteiger partial charge in [-0.15, -0.1) is 0 Å². The van der Waals surface area contributed by atoms with Crippen molar-refractivity contribution < 1.29 is 80.2 Å². The highest BCUT2D eigenvalue weighted by Gasteiger charge is 2.30. The molecule has 0 aliphatic heterocycles. The molecule has 95 heavy (non-hydrogen) atoms. The van der Waals surface area contributed by atoms with Crippen LogP contribution in [0, 0.1) is 23.7 Å². The zero-order chi connectivity index (χ0) is 70.3. The molecule has 3 N–H and O–H groups in total. The monoisotopic (exact) mass is 1400 g/mol. The Bertz CT molecular complexity index is 1870. The SMILES string of the molecule is CCC(C)CCCCCCCCC(=O)OC[C@H](COP(=O)(O)OC[C@@H](O)COP(=O)(O)OC[C@@H](COC(=O)CCCCCCCCC(C)C)OC(=O)CCCCCCCCCCCCCCCCC(C)C)OC(=O)CCCCCCCCCCCCCCCCCCC(C)C. The normalized spacial score (nSPS) is 14.4. The van der Waals surface area contributed by atoms with E-state index in [1.54, 1.807) is 0 Å². The number of phosphoric acid groups is 2. The smallest absolute Gasteiger partial charge is 0.462 e. The summed E-state index contributed by atoms with van der Waals surface area (Å²) in [6.45, 7) is 14.1. The molecular formula is C76H148O17P2. The van der Waals surface area contributed by atoms with E-state index in [0.717, 1.165) is 120 Å². The number of rotatable bonds is 73. The first-order valence-corrected chi connectivity index (χ1v) is 42.2. The van der Waals surface area contributed by atoms with Gasteiger partial charge >= 0.3 is 39.5 Å². The summed E-state index contributed by atoms with van der Waals surface area (Å²) in [6.07, 6.45) is 50.2. The second-order valence-corrected chi connectivity index (χ2v) is 32.0. The van der Waals surface area contributed by atoms with Crippen molar-refractivity contribution in [2.24, 2.45) is 23.7 Å². The number of unbranched alkanes of at least 4 members (excludes halogenated alkanes) is 38. The van der Waals surface area contributed by atoms with E-state index in [1.165, 1.54) is 173 Å². The number of esters is 4. The molecule has 0 aliphatic rings. The largest absolute Gasteiger partial charge is 0.472 e. The molecule has 0 saturated carbocycles. The third-order valence-corrected chi connectivity index (χ3v) is 19.8. The maximum atomic E-state index is 13.1. The first kappa shape index (κ1) is 93.1. The van der Waals surface area contributed by atoms with E-state index in [4.69, 9.17) is 37.0 Å². The lowest BCUT2D eigenvalue weighted by Gasteiger charge is -2.21. The van der Waals surface area contributed by atoms with Crippen molar-refractivity contribution in [3.05, 3.63) is 0 Å². The third kappa shape index (κ3) is 69.0. The Morgan fingerprint density at radius 3 is 0.747 bits per heavy atom. The van der Waals surface area contributed by atoms with Crippen LogP contribution >= 0.6 is 15.6 Å². The van der Waals surface area contributed by atoms with E-state index in [0.29, 0.717) is 31.6 Å². The van der Waals surface area contributed by atoms with Crippen LogP contribution in [0.2, 0.25) is 0 Å². The van der Waals surface area contributed by atoms with Crippen LogP contribution in [0.3, 0.4) is 0 Å². The van der Waals surface area contributed by atoms with Gasteiger partial charge in [0.25, 0.3) is 0 Å². The van der Waals surface area contributed by atoms with Gasteiger partial charge in [-0.25, -0.2) is 9.13 Å². The van der Waals surface area contributed by atoms with Gasteiger partial charge in [-0.1, -0.05) is 331 Å². The zero-order valence-electron chi connectivity index (χ0n) is 62.3. The number of hydrogen-bond donors (Lipinski definition) is 3. The van der Waals surface area contributed by atoms with Gasteiger partial charge in [0, 0.05) is 25.7 Å². The number of aliphatic hydroxyl groups excluding tert-OH is 1. The van der Waals surface area contributed by atoms with Crippen molar-refractivity contribution >= 4 is 39.5 Å². The molecule has 0 heterocycles. The van der Waals surface area contributed by atoms with Crippen LogP contribution in [0.1, 0.15) is 383 Å². The predicted molar refractivity (Wildman–Crippen MR) is 386 cm³/mol. The molecule has 0 aliphatic carbocycles. The topological polar surface area (TPSA) is 237 Å². The van der Waals surface area contributed by atoms with Crippen molar-refractivity contribution in [1.29, 1.82) is 0 Å². The summed E-state index contributed by atoms with van der Waals surface area (Å²) in [4.78, 5) is 72.7. The van der Waals surface area contributed by atoms with Gasteiger partial charge in [0.05, 0.1) is 26.4 Å². The Hall–Kier alpha value is -1.94. The fourth-order valence-electron chi connectivity index (χ4n) is 11.5. The summed E-state index contributed by atoms with van der Waals surface area (Å²) in [5.74, 6) is 0.890. The van der Waals surface area contributed by atoms with Gasteiger partial charge in [-0.3, -0.25) is 37.3 Å². The van der Waals surface area contributed by atoms with Gasteiger partial charge in [-0.2, -0.15) is 0 Å². The molecule has 0 bridgehead atoms. The highest BCUT2D eigenvalue weighted by atomic mass is 31.2. The van der Waals surface area contributed by atoms with Crippen LogP contribution in [-0.4, -0.2) is 96.7 Å². The summed E-state index contributed by atoms with van der Waals surface area (Å²) >= 11 is 0.